The summed E-state index contributed by atoms with van der Waals surface area (Å²) in [6.45, 7) is 7.46. The Hall–Kier alpha value is -2.17. The molecule has 0 spiro atoms. The van der Waals surface area contributed by atoms with Crippen LogP contribution in [0.15, 0.2) is 17.2 Å². The number of fused-ring (bicyclic) bond motifs is 1. The maximum absolute atomic E-state index is 9.99. The molecule has 2 saturated heterocycles. The summed E-state index contributed by atoms with van der Waals surface area (Å²) in [4.78, 5) is 18.5. The molecule has 41 heavy (non-hydrogen) atoms. The van der Waals surface area contributed by atoms with Crippen molar-refractivity contribution < 1.29 is 0 Å². The fraction of sp³-hybridized carbons (Fsp3) is 0.625. The van der Waals surface area contributed by atoms with Crippen molar-refractivity contribution in [2.75, 3.05) is 45.7 Å². The summed E-state index contributed by atoms with van der Waals surface area (Å²) in [7, 11) is 9.29. The van der Waals surface area contributed by atoms with Crippen molar-refractivity contribution in [2.24, 2.45) is 0 Å². The first-order chi connectivity index (χ1) is 19.7. The molecule has 2 aliphatic heterocycles. The fourth-order valence-corrected chi connectivity index (χ4v) is 8.62. The first-order valence-corrected chi connectivity index (χ1v) is 16.7. The van der Waals surface area contributed by atoms with Crippen LogP contribution in [0.2, 0.25) is 0 Å². The van der Waals surface area contributed by atoms with Gasteiger partial charge in [0.15, 0.2) is 5.82 Å². The normalized spacial score (nSPS) is 22.0. The summed E-state index contributed by atoms with van der Waals surface area (Å²) in [6.07, 6.45) is 9.48. The third-order valence-electron chi connectivity index (χ3n) is 9.52. The van der Waals surface area contributed by atoms with E-state index in [1.165, 1.54) is 35.4 Å². The van der Waals surface area contributed by atoms with Crippen molar-refractivity contribution in [3.8, 4) is 6.07 Å². The Labute approximate surface area is 252 Å². The summed E-state index contributed by atoms with van der Waals surface area (Å²) in [6, 6.07) is 5.80. The molecule has 0 aromatic carbocycles. The molecule has 2 fully saturated rings. The summed E-state index contributed by atoms with van der Waals surface area (Å²) in [5.74, 6) is 1.69. The van der Waals surface area contributed by atoms with Crippen LogP contribution in [0, 0.1) is 16.7 Å². The van der Waals surface area contributed by atoms with Crippen LogP contribution in [0.25, 0.3) is 0 Å². The number of nitrogens with one attached hydrogen (secondary N) is 1. The lowest BCUT2D eigenvalue weighted by Gasteiger charge is -2.43. The average Bonchev–Trinajstić information content (AvgIpc) is 3.49. The van der Waals surface area contributed by atoms with Crippen LogP contribution in [-0.4, -0.2) is 78.3 Å². The van der Waals surface area contributed by atoms with Gasteiger partial charge in [0.2, 0.25) is 0 Å². The number of nitriles is 1. The van der Waals surface area contributed by atoms with E-state index in [-0.39, 0.29) is 5.92 Å². The monoisotopic (exact) mass is 591 g/mol. The highest BCUT2D eigenvalue weighted by molar-refractivity contribution is 7.43. The van der Waals surface area contributed by atoms with E-state index in [1.807, 2.05) is 0 Å². The van der Waals surface area contributed by atoms with Gasteiger partial charge in [0.1, 0.15) is 17.6 Å². The molecule has 3 aliphatic rings. The van der Waals surface area contributed by atoms with Gasteiger partial charge < -0.3 is 14.7 Å². The van der Waals surface area contributed by atoms with Gasteiger partial charge in [-0.1, -0.05) is 28.2 Å². The fourth-order valence-electron chi connectivity index (χ4n) is 6.85. The van der Waals surface area contributed by atoms with E-state index in [1.54, 1.807) is 11.3 Å². The summed E-state index contributed by atoms with van der Waals surface area (Å²) in [5, 5.41) is 19.5. The summed E-state index contributed by atoms with van der Waals surface area (Å²) in [5.41, 5.74) is 5.82. The second kappa shape index (κ2) is 13.0. The maximum Gasteiger partial charge on any atom is 0.179 e. The topological polar surface area (TPSA) is 83.1 Å². The second-order valence-electron chi connectivity index (χ2n) is 12.4. The van der Waals surface area contributed by atoms with Gasteiger partial charge in [0, 0.05) is 52.3 Å². The highest BCUT2D eigenvalue weighted by atomic mass is 32.1. The minimum absolute atomic E-state index is 0.178. The molecule has 1 unspecified atom stereocenters. The molecule has 4 heterocycles. The van der Waals surface area contributed by atoms with Gasteiger partial charge in [-0.3, -0.25) is 5.41 Å². The maximum atomic E-state index is 9.99. The molecule has 5 rings (SSSR count). The predicted molar refractivity (Wildman–Crippen MR) is 174 cm³/mol. The van der Waals surface area contributed by atoms with Gasteiger partial charge >= 0.3 is 0 Å². The van der Waals surface area contributed by atoms with E-state index >= 15 is 0 Å². The van der Waals surface area contributed by atoms with E-state index in [9.17, 15) is 10.7 Å². The molecule has 3 atom stereocenters. The van der Waals surface area contributed by atoms with Crippen LogP contribution in [0.3, 0.4) is 0 Å². The minimum Gasteiger partial charge on any atom is -0.353 e. The Bertz CT molecular complexity index is 1350. The molecule has 1 aliphatic carbocycles. The third kappa shape index (κ3) is 6.30. The summed E-state index contributed by atoms with van der Waals surface area (Å²) < 4.78 is 1.04. The van der Waals surface area contributed by atoms with Gasteiger partial charge in [-0.05, 0) is 97.1 Å². The molecule has 9 heteroatoms. The van der Waals surface area contributed by atoms with Gasteiger partial charge in [-0.2, -0.15) is 5.26 Å². The molecule has 0 radical (unpaired) electrons. The smallest absolute Gasteiger partial charge is 0.179 e. The highest BCUT2D eigenvalue weighted by Crippen LogP contribution is 2.43. The molecule has 2 aromatic heterocycles. The molecule has 0 bridgehead atoms. The Kier molecular flexibility index (Phi) is 9.60. The number of anilines is 1. The van der Waals surface area contributed by atoms with Crippen LogP contribution in [-0.2, 0) is 12.8 Å². The van der Waals surface area contributed by atoms with E-state index in [0.717, 1.165) is 85.3 Å². The number of rotatable bonds is 10. The molecular weight excluding hydrogens is 545 g/mol. The Morgan fingerprint density at radius 1 is 1.24 bits per heavy atom. The Balaban J connectivity index is 1.49. The van der Waals surface area contributed by atoms with E-state index in [0.29, 0.717) is 23.6 Å². The van der Waals surface area contributed by atoms with Gasteiger partial charge in [0.25, 0.3) is 0 Å². The standard InChI is InChI=1S/C32H46N7PS/c1-6-9-25(20(2)24-11-7-12-27-29(24)26(17-33)32(40)41-27)30(34)31-35-21(13-14-22-10-8-15-38(22)5)16-28(36-31)39-18-23(19-39)37(3)4/h16,22-24,34H,6-15,18-19,40H2,1-5H3/b25-20+,34-30?/t22-,24+/m0/s1. The number of aryl methyl sites for hydroxylation is 2. The van der Waals surface area contributed by atoms with Gasteiger partial charge in [-0.25, -0.2) is 9.97 Å². The first-order valence-electron chi connectivity index (χ1n) is 15.3. The number of likely N-dealkylation sites (N-methyl/N-ethyl adjacent to an activating group) is 1. The number of aromatic nitrogens is 2. The highest BCUT2D eigenvalue weighted by Gasteiger charge is 2.32. The summed E-state index contributed by atoms with van der Waals surface area (Å²) >= 11 is 1.75. The second-order valence-corrected chi connectivity index (χ2v) is 14.5. The van der Waals surface area contributed by atoms with Crippen molar-refractivity contribution in [1.29, 1.82) is 10.7 Å². The zero-order valence-electron chi connectivity index (χ0n) is 25.5. The first kappa shape index (κ1) is 30.3. The number of thiophene rings is 1. The van der Waals surface area contributed by atoms with Crippen molar-refractivity contribution in [3.05, 3.63) is 44.7 Å². The average molecular weight is 592 g/mol. The van der Waals surface area contributed by atoms with Crippen molar-refractivity contribution in [1.82, 2.24) is 19.8 Å². The van der Waals surface area contributed by atoms with E-state index < -0.39 is 0 Å². The lowest BCUT2D eigenvalue weighted by molar-refractivity contribution is 0.246. The van der Waals surface area contributed by atoms with Gasteiger partial charge in [0.05, 0.1) is 5.56 Å². The number of hydrogen-bond donors (Lipinski definition) is 1. The largest absolute Gasteiger partial charge is 0.353 e. The number of nitrogens with zero attached hydrogens (tertiary/aromatic N) is 6. The number of likely N-dealkylation sites (tertiary alicyclic amines) is 1. The number of hydrogen-bond acceptors (Lipinski definition) is 8. The quantitative estimate of drug-likeness (QED) is 0.299. The van der Waals surface area contributed by atoms with Crippen molar-refractivity contribution in [2.45, 2.75) is 89.6 Å². The van der Waals surface area contributed by atoms with Crippen LogP contribution >= 0.6 is 20.6 Å². The minimum atomic E-state index is 0.178. The lowest BCUT2D eigenvalue weighted by atomic mass is 9.78. The molecule has 220 valence electrons. The van der Waals surface area contributed by atoms with Crippen LogP contribution < -0.4 is 9.52 Å². The lowest BCUT2D eigenvalue weighted by Crippen LogP contribution is -2.57. The molecule has 7 nitrogen and oxygen atoms in total. The van der Waals surface area contributed by atoms with Gasteiger partial charge in [-0.15, -0.1) is 11.3 Å². The molecule has 0 saturated carbocycles. The van der Waals surface area contributed by atoms with E-state index in [4.69, 9.17) is 9.97 Å². The zero-order chi connectivity index (χ0) is 29.3. The zero-order valence-corrected chi connectivity index (χ0v) is 27.4. The SMILES string of the molecule is CCC/C(C(=N)c1nc(CC[C@@H]2CCCN2C)cc(N2CC(N(C)C)C2)n1)=C(/C)[C@H]1CCCc2sc(P)c(C#N)c21. The third-order valence-corrected chi connectivity index (χ3v) is 11.3. The molecule has 1 N–H and O–H groups in total. The van der Waals surface area contributed by atoms with Crippen LogP contribution in [0.1, 0.15) is 92.2 Å². The van der Waals surface area contributed by atoms with Crippen LogP contribution in [0.5, 0.6) is 0 Å². The van der Waals surface area contributed by atoms with Crippen molar-refractivity contribution in [3.63, 3.8) is 0 Å². The van der Waals surface area contributed by atoms with E-state index in [2.05, 4.69) is 71.1 Å². The molecule has 0 amide bonds. The molecule has 2 aromatic rings. The molecular formula is C32H46N7PS. The Morgan fingerprint density at radius 3 is 2.68 bits per heavy atom. The van der Waals surface area contributed by atoms with Crippen LogP contribution in [0.4, 0.5) is 5.82 Å². The number of allylic oxidation sites excluding steroid dienone is 2. The predicted octanol–water partition coefficient (Wildman–Crippen LogP) is 5.29. The Morgan fingerprint density at radius 2 is 2.02 bits per heavy atom. The van der Waals surface area contributed by atoms with Crippen molar-refractivity contribution >= 4 is 36.7 Å².